The van der Waals surface area contributed by atoms with Gasteiger partial charge in [0.2, 0.25) is 17.7 Å². The first-order valence-electron chi connectivity index (χ1n) is 16.9. The van der Waals surface area contributed by atoms with Crippen molar-refractivity contribution in [1.29, 1.82) is 0 Å². The summed E-state index contributed by atoms with van der Waals surface area (Å²) in [6.07, 6.45) is 0.693. The highest BCUT2D eigenvalue weighted by molar-refractivity contribution is 5.94. The molecule has 2 bridgehead atoms. The van der Waals surface area contributed by atoms with Crippen LogP contribution in [0.4, 0.5) is 0 Å². The van der Waals surface area contributed by atoms with Gasteiger partial charge in [-0.3, -0.25) is 24.0 Å². The summed E-state index contributed by atoms with van der Waals surface area (Å²) >= 11 is 0. The molecule has 0 spiro atoms. The zero-order chi connectivity index (χ0) is 35.4. The lowest BCUT2D eigenvalue weighted by molar-refractivity contribution is -0.143. The second kappa shape index (κ2) is 15.1. The van der Waals surface area contributed by atoms with E-state index in [1.165, 1.54) is 11.8 Å². The van der Waals surface area contributed by atoms with Crippen LogP contribution >= 0.6 is 0 Å². The molecule has 3 heterocycles. The molecule has 14 nitrogen and oxygen atoms in total. The van der Waals surface area contributed by atoms with Crippen LogP contribution in [0.3, 0.4) is 0 Å². The van der Waals surface area contributed by atoms with E-state index in [2.05, 4.69) is 21.1 Å². The Morgan fingerprint density at radius 2 is 1.76 bits per heavy atom. The maximum atomic E-state index is 14.1. The number of aliphatic hydroxyl groups is 1. The SMILES string of the molecule is Cc1cc(C(=O)N2C[C@@H]3NC(=O)[C@H](Cc4ccccc4)NC(=O)CN(CC4CC4)C(=O)[C@H]([C@@H](C)O)NC(=O)COc4cccc(c4)[C@H]3C2)no1. The average Bonchev–Trinajstić information content (AvgIpc) is 3.65. The number of amides is 5. The molecule has 4 N–H and O–H groups in total. The number of aromatic nitrogens is 1. The van der Waals surface area contributed by atoms with Crippen molar-refractivity contribution >= 4 is 29.5 Å². The second-order valence-electron chi connectivity index (χ2n) is 13.4. The molecule has 2 aliphatic heterocycles. The third kappa shape index (κ3) is 8.48. The Hall–Kier alpha value is -5.24. The van der Waals surface area contributed by atoms with E-state index in [-0.39, 0.29) is 56.0 Å². The lowest BCUT2D eigenvalue weighted by Crippen LogP contribution is -2.58. The summed E-state index contributed by atoms with van der Waals surface area (Å²) < 4.78 is 10.9. The molecular formula is C36H42N6O8. The molecule has 50 heavy (non-hydrogen) atoms. The number of likely N-dealkylation sites (tertiary alicyclic amines) is 1. The molecule has 0 radical (unpaired) electrons. The van der Waals surface area contributed by atoms with Crippen molar-refractivity contribution in [3.63, 3.8) is 0 Å². The average molecular weight is 687 g/mol. The summed E-state index contributed by atoms with van der Waals surface area (Å²) in [5, 5.41) is 23.0. The number of carbonyl (C=O) groups is 5. The zero-order valence-corrected chi connectivity index (χ0v) is 28.0. The molecule has 1 saturated carbocycles. The van der Waals surface area contributed by atoms with Crippen LogP contribution in [0.2, 0.25) is 0 Å². The minimum atomic E-state index is -1.32. The van der Waals surface area contributed by atoms with Crippen molar-refractivity contribution in [2.24, 2.45) is 5.92 Å². The Balaban J connectivity index is 1.34. The predicted octanol–water partition coefficient (Wildman–Crippen LogP) is 0.932. The van der Waals surface area contributed by atoms with Crippen molar-refractivity contribution < 1.29 is 38.3 Å². The van der Waals surface area contributed by atoms with Gasteiger partial charge in [-0.25, -0.2) is 0 Å². The Morgan fingerprint density at radius 1 is 0.980 bits per heavy atom. The zero-order valence-electron chi connectivity index (χ0n) is 28.0. The van der Waals surface area contributed by atoms with Gasteiger partial charge in [0.05, 0.1) is 18.7 Å². The Labute approximate surface area is 289 Å². The Bertz CT molecular complexity index is 1720. The van der Waals surface area contributed by atoms with Gasteiger partial charge in [0.1, 0.15) is 23.6 Å². The maximum Gasteiger partial charge on any atom is 0.276 e. The molecule has 3 aromatic rings. The van der Waals surface area contributed by atoms with Crippen LogP contribution in [0, 0.1) is 12.8 Å². The van der Waals surface area contributed by atoms with Gasteiger partial charge >= 0.3 is 0 Å². The molecule has 5 atom stereocenters. The molecule has 0 unspecified atom stereocenters. The monoisotopic (exact) mass is 686 g/mol. The molecule has 2 aromatic carbocycles. The molecular weight excluding hydrogens is 644 g/mol. The number of aliphatic hydroxyl groups excluding tert-OH is 1. The van der Waals surface area contributed by atoms with Crippen molar-refractivity contribution in [3.05, 3.63) is 83.2 Å². The van der Waals surface area contributed by atoms with E-state index in [4.69, 9.17) is 9.26 Å². The van der Waals surface area contributed by atoms with Crippen LogP contribution in [0.5, 0.6) is 5.75 Å². The van der Waals surface area contributed by atoms with Crippen LogP contribution in [0.1, 0.15) is 53.1 Å². The smallest absolute Gasteiger partial charge is 0.276 e. The summed E-state index contributed by atoms with van der Waals surface area (Å²) in [6, 6.07) is 14.9. The fraction of sp³-hybridized carbons (Fsp3) is 0.444. The van der Waals surface area contributed by atoms with Gasteiger partial charge in [-0.05, 0) is 55.9 Å². The minimum Gasteiger partial charge on any atom is -0.484 e. The first kappa shape index (κ1) is 34.6. The highest BCUT2D eigenvalue weighted by Crippen LogP contribution is 2.32. The van der Waals surface area contributed by atoms with E-state index in [1.54, 1.807) is 36.1 Å². The van der Waals surface area contributed by atoms with E-state index in [9.17, 15) is 29.1 Å². The topological polar surface area (TPSA) is 183 Å². The number of benzene rings is 2. The number of carbonyl (C=O) groups excluding carboxylic acids is 5. The van der Waals surface area contributed by atoms with Crippen LogP contribution < -0.4 is 20.7 Å². The van der Waals surface area contributed by atoms with Crippen molar-refractivity contribution in [2.45, 2.75) is 63.3 Å². The van der Waals surface area contributed by atoms with Gasteiger partial charge in [0.25, 0.3) is 11.8 Å². The number of hydrogen-bond donors (Lipinski definition) is 4. The van der Waals surface area contributed by atoms with Gasteiger partial charge in [-0.2, -0.15) is 0 Å². The normalized spacial score (nSPS) is 24.2. The van der Waals surface area contributed by atoms with Crippen molar-refractivity contribution in [3.8, 4) is 5.75 Å². The quantitative estimate of drug-likeness (QED) is 0.293. The minimum absolute atomic E-state index is 0.150. The van der Waals surface area contributed by atoms with E-state index >= 15 is 0 Å². The lowest BCUT2D eigenvalue weighted by Gasteiger charge is -2.30. The Morgan fingerprint density at radius 3 is 2.46 bits per heavy atom. The van der Waals surface area contributed by atoms with Crippen LogP contribution in [-0.2, 0) is 25.6 Å². The molecule has 264 valence electrons. The van der Waals surface area contributed by atoms with Crippen molar-refractivity contribution in [2.75, 3.05) is 32.8 Å². The van der Waals surface area contributed by atoms with Gasteiger partial charge < -0.3 is 40.1 Å². The van der Waals surface area contributed by atoms with Gasteiger partial charge in [-0.1, -0.05) is 47.6 Å². The van der Waals surface area contributed by atoms with Crippen LogP contribution in [-0.4, -0.2) is 107 Å². The molecule has 1 aromatic heterocycles. The first-order valence-corrected chi connectivity index (χ1v) is 16.9. The Kier molecular flexibility index (Phi) is 10.5. The number of ether oxygens (including phenoxy) is 1. The summed E-state index contributed by atoms with van der Waals surface area (Å²) in [6.45, 7) is 2.94. The van der Waals surface area contributed by atoms with E-state index in [1.807, 2.05) is 36.4 Å². The first-order chi connectivity index (χ1) is 24.0. The lowest BCUT2D eigenvalue weighted by atomic mass is 9.93. The van der Waals surface area contributed by atoms with Crippen molar-refractivity contribution in [1.82, 2.24) is 30.9 Å². The number of fused-ring (bicyclic) bond motifs is 4. The molecule has 3 aliphatic rings. The molecule has 5 amide bonds. The molecule has 1 saturated heterocycles. The number of rotatable bonds is 6. The standard InChI is InChI=1S/C36H42N6O8/c1-21-13-29(40-50-21)35(47)42-17-27-25-9-6-10-26(15-25)49-20-32(45)39-33(22(2)43)36(48)41(16-24-11-12-24)19-31(44)37-28(34(46)38-30(27)18-42)14-23-7-4-3-5-8-23/h3-10,13,15,22,24,27-28,30,33,43H,11-12,14,16-20H2,1-2H3,(H,37,44)(H,38,46)(H,39,45)/t22-,27-,28+,30+,33+/m1/s1. The van der Waals surface area contributed by atoms with Gasteiger partial charge in [-0.15, -0.1) is 0 Å². The van der Waals surface area contributed by atoms with Gasteiger partial charge in [0.15, 0.2) is 12.3 Å². The molecule has 2 fully saturated rings. The highest BCUT2D eigenvalue weighted by Gasteiger charge is 2.40. The second-order valence-corrected chi connectivity index (χ2v) is 13.4. The highest BCUT2D eigenvalue weighted by atomic mass is 16.5. The number of nitrogens with one attached hydrogen (secondary N) is 3. The molecule has 14 heteroatoms. The summed E-state index contributed by atoms with van der Waals surface area (Å²) in [4.78, 5) is 70.9. The fourth-order valence-corrected chi connectivity index (χ4v) is 6.47. The predicted molar refractivity (Wildman–Crippen MR) is 179 cm³/mol. The van der Waals surface area contributed by atoms with Gasteiger partial charge in [0, 0.05) is 38.0 Å². The van der Waals surface area contributed by atoms with Crippen LogP contribution in [0.25, 0.3) is 0 Å². The molecule has 6 rings (SSSR count). The fourth-order valence-electron chi connectivity index (χ4n) is 6.47. The number of hydrogen-bond acceptors (Lipinski definition) is 9. The van der Waals surface area contributed by atoms with Crippen LogP contribution in [0.15, 0.2) is 65.2 Å². The number of aryl methyl sites for hydroxylation is 1. The summed E-state index contributed by atoms with van der Waals surface area (Å²) in [7, 11) is 0. The largest absolute Gasteiger partial charge is 0.484 e. The van der Waals surface area contributed by atoms with E-state index in [0.717, 1.165) is 24.0 Å². The van der Waals surface area contributed by atoms with E-state index < -0.39 is 54.5 Å². The maximum absolute atomic E-state index is 14.1. The molecule has 1 aliphatic carbocycles. The number of nitrogens with zero attached hydrogens (tertiary/aromatic N) is 3. The summed E-state index contributed by atoms with van der Waals surface area (Å²) in [5.74, 6) is -1.94. The third-order valence-electron chi connectivity index (χ3n) is 9.26. The summed E-state index contributed by atoms with van der Waals surface area (Å²) in [5.41, 5.74) is 1.71. The van der Waals surface area contributed by atoms with E-state index in [0.29, 0.717) is 11.5 Å². The third-order valence-corrected chi connectivity index (χ3v) is 9.26.